The number of hydrogen-bond acceptors (Lipinski definition) is 4. The van der Waals surface area contributed by atoms with E-state index in [9.17, 15) is 18.0 Å². The average molecular weight is 313 g/mol. The summed E-state index contributed by atoms with van der Waals surface area (Å²) in [5, 5.41) is 12.5. The fraction of sp³-hybridized carbons (Fsp3) is 0.0769. The van der Waals surface area contributed by atoms with Gasteiger partial charge in [0.05, 0.1) is 0 Å². The quantitative estimate of drug-likeness (QED) is 0.767. The maximum atomic E-state index is 12.7. The van der Waals surface area contributed by atoms with Gasteiger partial charge in [0.1, 0.15) is 4.88 Å². The highest BCUT2D eigenvalue weighted by Crippen LogP contribution is 2.39. The van der Waals surface area contributed by atoms with Gasteiger partial charge in [-0.15, -0.1) is 11.3 Å². The molecule has 0 spiro atoms. The topological polar surface area (TPSA) is 63.3 Å². The van der Waals surface area contributed by atoms with Gasteiger partial charge >= 0.3 is 12.1 Å². The van der Waals surface area contributed by atoms with Crippen LogP contribution < -0.4 is 0 Å². The van der Waals surface area contributed by atoms with Crippen LogP contribution in [-0.2, 0) is 6.18 Å². The summed E-state index contributed by atoms with van der Waals surface area (Å²) in [4.78, 5) is 10.0. The molecule has 0 unspecified atom stereocenters. The minimum Gasteiger partial charge on any atom is -0.476 e. The lowest BCUT2D eigenvalue weighted by Gasteiger charge is -1.99. The van der Waals surface area contributed by atoms with Crippen molar-refractivity contribution in [1.82, 2.24) is 5.16 Å². The molecule has 0 amide bonds. The second kappa shape index (κ2) is 4.59. The van der Waals surface area contributed by atoms with E-state index >= 15 is 0 Å². The van der Waals surface area contributed by atoms with Crippen molar-refractivity contribution >= 4 is 27.4 Å². The Labute approximate surface area is 119 Å². The number of carboxylic acid groups (broad SMARTS) is 1. The zero-order valence-corrected chi connectivity index (χ0v) is 11.0. The average Bonchev–Trinajstić information content (AvgIpc) is 3.04. The van der Waals surface area contributed by atoms with Crippen LogP contribution in [0.2, 0.25) is 0 Å². The summed E-state index contributed by atoms with van der Waals surface area (Å²) in [7, 11) is 0. The standard InChI is InChI=1S/C13H6F3NO3S/c14-13(15,16)11-4-7-3-6(1-2-10(7)21-11)9-5-8(12(18)19)17-20-9/h1-5H,(H,18,19). The Morgan fingerprint density at radius 1 is 1.24 bits per heavy atom. The van der Waals surface area contributed by atoms with E-state index in [1.54, 1.807) is 6.07 Å². The molecule has 108 valence electrons. The molecule has 0 aliphatic carbocycles. The molecule has 0 bridgehead atoms. The monoisotopic (exact) mass is 313 g/mol. The maximum Gasteiger partial charge on any atom is 0.425 e. The normalized spacial score (nSPS) is 12.0. The molecule has 21 heavy (non-hydrogen) atoms. The van der Waals surface area contributed by atoms with Crippen LogP contribution in [0, 0.1) is 0 Å². The van der Waals surface area contributed by atoms with Gasteiger partial charge in [0.2, 0.25) is 0 Å². The molecule has 2 aromatic heterocycles. The molecule has 3 aromatic rings. The Morgan fingerprint density at radius 2 is 2.00 bits per heavy atom. The van der Waals surface area contributed by atoms with E-state index in [1.807, 2.05) is 0 Å². The lowest BCUT2D eigenvalue weighted by molar-refractivity contribution is -0.134. The van der Waals surface area contributed by atoms with E-state index in [0.717, 1.165) is 6.07 Å². The second-order valence-electron chi connectivity index (χ2n) is 4.24. The molecule has 0 aliphatic heterocycles. The molecular weight excluding hydrogens is 307 g/mol. The number of alkyl halides is 3. The molecule has 0 saturated carbocycles. The summed E-state index contributed by atoms with van der Waals surface area (Å²) in [5.74, 6) is -1.05. The fourth-order valence-corrected chi connectivity index (χ4v) is 2.76. The van der Waals surface area contributed by atoms with Crippen molar-refractivity contribution in [3.63, 3.8) is 0 Å². The molecule has 2 heterocycles. The Bertz CT molecular complexity index is 835. The molecule has 0 atom stereocenters. The van der Waals surface area contributed by atoms with Crippen LogP contribution in [0.15, 0.2) is 34.9 Å². The van der Waals surface area contributed by atoms with E-state index in [2.05, 4.69) is 5.16 Å². The van der Waals surface area contributed by atoms with E-state index in [4.69, 9.17) is 9.63 Å². The van der Waals surface area contributed by atoms with E-state index in [0.29, 0.717) is 27.0 Å². The van der Waals surface area contributed by atoms with Crippen molar-refractivity contribution in [2.75, 3.05) is 0 Å². The number of halogens is 3. The molecule has 0 saturated heterocycles. The van der Waals surface area contributed by atoms with Gasteiger partial charge in [-0.1, -0.05) is 5.16 Å². The Morgan fingerprint density at radius 3 is 2.62 bits per heavy atom. The second-order valence-corrected chi connectivity index (χ2v) is 5.33. The van der Waals surface area contributed by atoms with Crippen LogP contribution in [0.1, 0.15) is 15.4 Å². The van der Waals surface area contributed by atoms with Crippen LogP contribution in [0.4, 0.5) is 13.2 Å². The van der Waals surface area contributed by atoms with Crippen molar-refractivity contribution in [3.8, 4) is 11.3 Å². The highest BCUT2D eigenvalue weighted by atomic mass is 32.1. The molecule has 0 fully saturated rings. The van der Waals surface area contributed by atoms with Gasteiger partial charge in [0.15, 0.2) is 11.5 Å². The fourth-order valence-electron chi connectivity index (χ4n) is 1.85. The summed E-state index contributed by atoms with van der Waals surface area (Å²) >= 11 is 0.653. The summed E-state index contributed by atoms with van der Waals surface area (Å²) in [6.07, 6.45) is -4.38. The minimum atomic E-state index is -4.38. The lowest BCUT2D eigenvalue weighted by Crippen LogP contribution is -2.00. The number of benzene rings is 1. The third-order valence-corrected chi connectivity index (χ3v) is 3.97. The maximum absolute atomic E-state index is 12.7. The number of fused-ring (bicyclic) bond motifs is 1. The van der Waals surface area contributed by atoms with Crippen molar-refractivity contribution in [2.45, 2.75) is 6.18 Å². The summed E-state index contributed by atoms with van der Waals surface area (Å²) in [6, 6.07) is 6.88. The van der Waals surface area contributed by atoms with Crippen molar-refractivity contribution in [3.05, 3.63) is 40.9 Å². The molecule has 0 aliphatic rings. The number of carbonyl (C=O) groups is 1. The van der Waals surface area contributed by atoms with Gasteiger partial charge in [-0.2, -0.15) is 13.2 Å². The summed E-state index contributed by atoms with van der Waals surface area (Å²) in [5.41, 5.74) is 0.209. The molecule has 1 aromatic carbocycles. The predicted molar refractivity (Wildman–Crippen MR) is 69.3 cm³/mol. The van der Waals surface area contributed by atoms with Gasteiger partial charge in [-0.25, -0.2) is 4.79 Å². The first-order chi connectivity index (χ1) is 9.84. The molecule has 3 rings (SSSR count). The van der Waals surface area contributed by atoms with Crippen LogP contribution in [0.3, 0.4) is 0 Å². The lowest BCUT2D eigenvalue weighted by atomic mass is 10.1. The van der Waals surface area contributed by atoms with Gasteiger partial charge in [0.25, 0.3) is 0 Å². The van der Waals surface area contributed by atoms with Crippen LogP contribution in [0.25, 0.3) is 21.4 Å². The van der Waals surface area contributed by atoms with Crippen molar-refractivity contribution in [1.29, 1.82) is 0 Å². The van der Waals surface area contributed by atoms with Gasteiger partial charge in [-0.3, -0.25) is 0 Å². The zero-order valence-electron chi connectivity index (χ0n) is 10.1. The SMILES string of the molecule is O=C(O)c1cc(-c2ccc3sc(C(F)(F)F)cc3c2)on1. The summed E-state index contributed by atoms with van der Waals surface area (Å²) in [6.45, 7) is 0. The largest absolute Gasteiger partial charge is 0.476 e. The number of rotatable bonds is 2. The first kappa shape index (κ1) is 13.6. The van der Waals surface area contributed by atoms with Gasteiger partial charge in [0, 0.05) is 16.3 Å². The number of aromatic carboxylic acids is 1. The molecule has 8 heteroatoms. The summed E-state index contributed by atoms with van der Waals surface area (Å²) < 4.78 is 43.4. The van der Waals surface area contributed by atoms with E-state index in [-0.39, 0.29) is 11.5 Å². The van der Waals surface area contributed by atoms with Crippen molar-refractivity contribution in [2.24, 2.45) is 0 Å². The number of hydrogen-bond donors (Lipinski definition) is 1. The first-order valence-electron chi connectivity index (χ1n) is 5.66. The molecule has 1 N–H and O–H groups in total. The Hall–Kier alpha value is -2.35. The van der Waals surface area contributed by atoms with Crippen LogP contribution in [0.5, 0.6) is 0 Å². The smallest absolute Gasteiger partial charge is 0.425 e. The van der Waals surface area contributed by atoms with Crippen LogP contribution in [-0.4, -0.2) is 16.2 Å². The molecule has 0 radical (unpaired) electrons. The highest BCUT2D eigenvalue weighted by molar-refractivity contribution is 7.19. The predicted octanol–water partition coefficient (Wildman–Crippen LogP) is 4.27. The third-order valence-electron chi connectivity index (χ3n) is 2.81. The number of carboxylic acids is 1. The highest BCUT2D eigenvalue weighted by Gasteiger charge is 2.32. The minimum absolute atomic E-state index is 0.189. The van der Waals surface area contributed by atoms with Crippen molar-refractivity contribution < 1.29 is 27.6 Å². The number of thiophene rings is 1. The van der Waals surface area contributed by atoms with Gasteiger partial charge < -0.3 is 9.63 Å². The molecule has 4 nitrogen and oxygen atoms in total. The number of nitrogens with zero attached hydrogens (tertiary/aromatic N) is 1. The molecular formula is C13H6F3NO3S. The third kappa shape index (κ3) is 2.49. The van der Waals surface area contributed by atoms with Gasteiger partial charge in [-0.05, 0) is 29.7 Å². The number of aromatic nitrogens is 1. The Kier molecular flexibility index (Phi) is 2.98. The first-order valence-corrected chi connectivity index (χ1v) is 6.47. The van der Waals surface area contributed by atoms with Crippen LogP contribution >= 0.6 is 11.3 Å². The van der Waals surface area contributed by atoms with E-state index < -0.39 is 17.0 Å². The zero-order chi connectivity index (χ0) is 15.2. The Balaban J connectivity index is 2.05. The van der Waals surface area contributed by atoms with E-state index in [1.165, 1.54) is 18.2 Å².